The van der Waals surface area contributed by atoms with Crippen molar-refractivity contribution in [3.8, 4) is 5.13 Å². The molecule has 0 radical (unpaired) electrons. The molecule has 3 rings (SSSR count). The summed E-state index contributed by atoms with van der Waals surface area (Å²) >= 11 is 1.50. The Hall–Kier alpha value is -2.15. The Morgan fingerprint density at radius 1 is 1.39 bits per heavy atom. The highest BCUT2D eigenvalue weighted by Crippen LogP contribution is 2.32. The molecule has 1 saturated heterocycles. The number of hydrogen-bond donors (Lipinski definition) is 1. The summed E-state index contributed by atoms with van der Waals surface area (Å²) in [4.78, 5) is 30.3. The van der Waals surface area contributed by atoms with E-state index in [2.05, 4.69) is 4.98 Å². The summed E-state index contributed by atoms with van der Waals surface area (Å²) in [5, 5.41) is 12.2. The Labute approximate surface area is 138 Å². The molecule has 0 aromatic carbocycles. The van der Waals surface area contributed by atoms with Crippen LogP contribution in [0.5, 0.6) is 0 Å². The standard InChI is InChI=1S/C16H19N3O3S/c1-10-9-12(11(2)19(10)15-17-6-8-23-15)13(20)18-7-4-5-16(18,3)14(21)22/h6,8-9H,4-5,7H2,1-3H3,(H,21,22). The predicted octanol–water partition coefficient (Wildman–Crippen LogP) is 2.63. The Kier molecular flexibility index (Phi) is 3.75. The summed E-state index contributed by atoms with van der Waals surface area (Å²) in [6.07, 6.45) is 2.92. The molecule has 1 atom stereocenters. The van der Waals surface area contributed by atoms with E-state index in [1.807, 2.05) is 29.9 Å². The van der Waals surface area contributed by atoms with Crippen LogP contribution in [0.4, 0.5) is 0 Å². The number of rotatable bonds is 3. The van der Waals surface area contributed by atoms with Gasteiger partial charge >= 0.3 is 5.97 Å². The lowest BCUT2D eigenvalue weighted by Crippen LogP contribution is -2.50. The first-order valence-corrected chi connectivity index (χ1v) is 8.38. The molecule has 7 heteroatoms. The van der Waals surface area contributed by atoms with Crippen LogP contribution in [-0.4, -0.2) is 43.5 Å². The molecule has 6 nitrogen and oxygen atoms in total. The van der Waals surface area contributed by atoms with Crippen molar-refractivity contribution in [2.45, 2.75) is 39.2 Å². The van der Waals surface area contributed by atoms with Crippen molar-refractivity contribution in [3.63, 3.8) is 0 Å². The number of amides is 1. The predicted molar refractivity (Wildman–Crippen MR) is 87.2 cm³/mol. The van der Waals surface area contributed by atoms with Gasteiger partial charge in [0, 0.05) is 29.5 Å². The maximum absolute atomic E-state index is 13.0. The molecule has 0 bridgehead atoms. The minimum atomic E-state index is -1.12. The fourth-order valence-corrected chi connectivity index (χ4v) is 4.01. The first kappa shape index (κ1) is 15.7. The molecule has 2 aromatic rings. The summed E-state index contributed by atoms with van der Waals surface area (Å²) in [5.74, 6) is -1.17. The zero-order valence-electron chi connectivity index (χ0n) is 13.4. The van der Waals surface area contributed by atoms with E-state index in [9.17, 15) is 14.7 Å². The number of carboxylic acids is 1. The second kappa shape index (κ2) is 5.49. The summed E-state index contributed by atoms with van der Waals surface area (Å²) in [6.45, 7) is 5.89. The first-order valence-electron chi connectivity index (χ1n) is 7.50. The topological polar surface area (TPSA) is 75.4 Å². The summed E-state index contributed by atoms with van der Waals surface area (Å²) in [5.41, 5.74) is 1.13. The van der Waals surface area contributed by atoms with E-state index in [0.717, 1.165) is 16.5 Å². The highest BCUT2D eigenvalue weighted by Gasteiger charge is 2.46. The van der Waals surface area contributed by atoms with Crippen LogP contribution >= 0.6 is 11.3 Å². The van der Waals surface area contributed by atoms with Gasteiger partial charge in [-0.15, -0.1) is 11.3 Å². The van der Waals surface area contributed by atoms with Gasteiger partial charge in [-0.05, 0) is 39.7 Å². The van der Waals surface area contributed by atoms with Crippen LogP contribution in [-0.2, 0) is 4.79 Å². The third-order valence-corrected chi connectivity index (χ3v) is 5.38. The van der Waals surface area contributed by atoms with E-state index in [1.54, 1.807) is 13.1 Å². The third kappa shape index (κ3) is 2.35. The first-order chi connectivity index (χ1) is 10.9. The summed E-state index contributed by atoms with van der Waals surface area (Å²) in [7, 11) is 0. The third-order valence-electron chi connectivity index (χ3n) is 4.62. The largest absolute Gasteiger partial charge is 0.480 e. The van der Waals surface area contributed by atoms with Crippen molar-refractivity contribution in [2.24, 2.45) is 0 Å². The van der Waals surface area contributed by atoms with Gasteiger partial charge in [0.25, 0.3) is 5.91 Å². The minimum Gasteiger partial charge on any atom is -0.480 e. The zero-order chi connectivity index (χ0) is 16.8. The molecule has 1 unspecified atom stereocenters. The number of thiazole rings is 1. The van der Waals surface area contributed by atoms with Crippen LogP contribution in [0.15, 0.2) is 17.6 Å². The fourth-order valence-electron chi connectivity index (χ4n) is 3.26. The molecule has 1 amide bonds. The van der Waals surface area contributed by atoms with Crippen molar-refractivity contribution in [2.75, 3.05) is 6.54 Å². The number of hydrogen-bond acceptors (Lipinski definition) is 4. The van der Waals surface area contributed by atoms with E-state index in [0.29, 0.717) is 24.9 Å². The highest BCUT2D eigenvalue weighted by molar-refractivity contribution is 7.12. The van der Waals surface area contributed by atoms with Crippen LogP contribution in [0.3, 0.4) is 0 Å². The molecule has 3 heterocycles. The van der Waals surface area contributed by atoms with Crippen molar-refractivity contribution < 1.29 is 14.7 Å². The van der Waals surface area contributed by atoms with Gasteiger partial charge in [0.15, 0.2) is 5.13 Å². The molecule has 0 saturated carbocycles. The van der Waals surface area contributed by atoms with E-state index in [-0.39, 0.29) is 5.91 Å². The number of carbonyl (C=O) groups excluding carboxylic acids is 1. The van der Waals surface area contributed by atoms with Crippen molar-refractivity contribution in [1.82, 2.24) is 14.5 Å². The lowest BCUT2D eigenvalue weighted by molar-refractivity contribution is -0.147. The SMILES string of the molecule is Cc1cc(C(=O)N2CCCC2(C)C(=O)O)c(C)n1-c1nccs1. The molecule has 23 heavy (non-hydrogen) atoms. The molecular weight excluding hydrogens is 314 g/mol. The molecule has 1 aliphatic heterocycles. The molecule has 0 aliphatic carbocycles. The Balaban J connectivity index is 2.01. The fraction of sp³-hybridized carbons (Fsp3) is 0.438. The van der Waals surface area contributed by atoms with E-state index in [1.165, 1.54) is 16.2 Å². The number of nitrogens with zero attached hydrogens (tertiary/aromatic N) is 3. The molecule has 2 aromatic heterocycles. The number of likely N-dealkylation sites (tertiary alicyclic amines) is 1. The summed E-state index contributed by atoms with van der Waals surface area (Å²) in [6, 6.07) is 1.82. The van der Waals surface area contributed by atoms with Gasteiger partial charge in [0.2, 0.25) is 0 Å². The van der Waals surface area contributed by atoms with Gasteiger partial charge in [-0.25, -0.2) is 9.78 Å². The van der Waals surface area contributed by atoms with Crippen LogP contribution in [0.2, 0.25) is 0 Å². The Morgan fingerprint density at radius 2 is 2.13 bits per heavy atom. The molecule has 122 valence electrons. The lowest BCUT2D eigenvalue weighted by atomic mass is 9.98. The van der Waals surface area contributed by atoms with Gasteiger partial charge in [-0.2, -0.15) is 0 Å². The molecule has 1 aliphatic rings. The van der Waals surface area contributed by atoms with E-state index in [4.69, 9.17) is 0 Å². The Bertz CT molecular complexity index is 766. The average molecular weight is 333 g/mol. The van der Waals surface area contributed by atoms with Gasteiger partial charge < -0.3 is 10.0 Å². The second-order valence-electron chi connectivity index (χ2n) is 6.07. The number of aliphatic carboxylic acids is 1. The van der Waals surface area contributed by atoms with Crippen molar-refractivity contribution in [1.29, 1.82) is 0 Å². The van der Waals surface area contributed by atoms with Crippen molar-refractivity contribution >= 4 is 23.2 Å². The van der Waals surface area contributed by atoms with Gasteiger partial charge in [-0.3, -0.25) is 9.36 Å². The lowest BCUT2D eigenvalue weighted by Gasteiger charge is -2.31. The van der Waals surface area contributed by atoms with Gasteiger partial charge in [0.05, 0.1) is 5.56 Å². The monoisotopic (exact) mass is 333 g/mol. The average Bonchev–Trinajstić information content (AvgIpc) is 3.19. The molecule has 1 N–H and O–H groups in total. The minimum absolute atomic E-state index is 0.219. The highest BCUT2D eigenvalue weighted by atomic mass is 32.1. The van der Waals surface area contributed by atoms with Crippen LogP contribution in [0.1, 0.15) is 41.5 Å². The number of aryl methyl sites for hydroxylation is 1. The van der Waals surface area contributed by atoms with Crippen molar-refractivity contribution in [3.05, 3.63) is 34.6 Å². The second-order valence-corrected chi connectivity index (χ2v) is 6.95. The molecule has 1 fully saturated rings. The van der Waals surface area contributed by atoms with Gasteiger partial charge in [-0.1, -0.05) is 0 Å². The maximum atomic E-state index is 13.0. The zero-order valence-corrected chi connectivity index (χ0v) is 14.2. The number of carbonyl (C=O) groups is 2. The normalized spacial score (nSPS) is 20.9. The molecule has 0 spiro atoms. The number of aromatic nitrogens is 2. The van der Waals surface area contributed by atoms with Crippen LogP contribution in [0.25, 0.3) is 5.13 Å². The Morgan fingerprint density at radius 3 is 2.74 bits per heavy atom. The van der Waals surface area contributed by atoms with Crippen LogP contribution in [0, 0.1) is 13.8 Å². The smallest absolute Gasteiger partial charge is 0.329 e. The quantitative estimate of drug-likeness (QED) is 0.937. The summed E-state index contributed by atoms with van der Waals surface area (Å²) < 4.78 is 1.94. The maximum Gasteiger partial charge on any atom is 0.329 e. The van der Waals surface area contributed by atoms with E-state index >= 15 is 0 Å². The van der Waals surface area contributed by atoms with Crippen LogP contribution < -0.4 is 0 Å². The number of carboxylic acid groups (broad SMARTS) is 1. The molecular formula is C16H19N3O3S. The van der Waals surface area contributed by atoms with Gasteiger partial charge in [0.1, 0.15) is 5.54 Å². The van der Waals surface area contributed by atoms with E-state index < -0.39 is 11.5 Å².